The fraction of sp³-hybridized carbons (Fsp3) is 0.440. The number of methoxy groups -OCH3 is 1. The maximum atomic E-state index is 11.5. The van der Waals surface area contributed by atoms with Gasteiger partial charge < -0.3 is 10.1 Å². The Morgan fingerprint density at radius 3 is 2.63 bits per heavy atom. The number of nitrogens with zero attached hydrogens (tertiary/aromatic N) is 2. The predicted octanol–water partition coefficient (Wildman–Crippen LogP) is 3.91. The van der Waals surface area contributed by atoms with Crippen molar-refractivity contribution in [2.24, 2.45) is 5.92 Å². The number of nitrogens with one attached hydrogen (secondary N) is 1. The van der Waals surface area contributed by atoms with Crippen LogP contribution in [-0.2, 0) is 11.3 Å². The van der Waals surface area contributed by atoms with Crippen LogP contribution in [-0.4, -0.2) is 48.1 Å². The summed E-state index contributed by atoms with van der Waals surface area (Å²) in [4.78, 5) is 18.4. The van der Waals surface area contributed by atoms with Crippen LogP contribution in [0.5, 0.6) is 0 Å². The lowest BCUT2D eigenvalue weighted by Gasteiger charge is -2.32. The van der Waals surface area contributed by atoms with Crippen molar-refractivity contribution < 1.29 is 9.53 Å². The second kappa shape index (κ2) is 9.54. The van der Waals surface area contributed by atoms with Crippen molar-refractivity contribution in [3.05, 3.63) is 71.1 Å². The average molecular weight is 406 g/mol. The molecule has 1 aromatic carbocycles. The Hall–Kier alpha value is -2.50. The molecule has 2 heterocycles. The number of benzene rings is 1. The van der Waals surface area contributed by atoms with Crippen molar-refractivity contribution in [3.8, 4) is 0 Å². The Bertz CT molecular complexity index is 871. The number of carbonyl (C=O) groups is 1. The molecular formula is C25H31N3O2. The quantitative estimate of drug-likeness (QED) is 0.708. The summed E-state index contributed by atoms with van der Waals surface area (Å²) in [5.41, 5.74) is 4.28. The molecule has 1 aromatic heterocycles. The fourth-order valence-electron chi connectivity index (χ4n) is 4.35. The number of hydrogen-bond donors (Lipinski definition) is 1. The molecule has 0 radical (unpaired) electrons. The first-order valence-corrected chi connectivity index (χ1v) is 10.9. The van der Waals surface area contributed by atoms with Gasteiger partial charge in [-0.25, -0.2) is 4.79 Å². The Morgan fingerprint density at radius 1 is 1.20 bits per heavy atom. The van der Waals surface area contributed by atoms with Crippen molar-refractivity contribution in [1.82, 2.24) is 15.2 Å². The minimum absolute atomic E-state index is 0.340. The summed E-state index contributed by atoms with van der Waals surface area (Å²) in [5, 5.41) is 3.89. The van der Waals surface area contributed by atoms with Gasteiger partial charge in [-0.2, -0.15) is 0 Å². The predicted molar refractivity (Wildman–Crippen MR) is 119 cm³/mol. The van der Waals surface area contributed by atoms with Crippen LogP contribution < -0.4 is 5.32 Å². The summed E-state index contributed by atoms with van der Waals surface area (Å²) in [5.74, 6) is 0.342. The van der Waals surface area contributed by atoms with Crippen molar-refractivity contribution in [2.45, 2.75) is 44.8 Å². The molecule has 0 unspecified atom stereocenters. The van der Waals surface area contributed by atoms with Crippen LogP contribution in [0.1, 0.15) is 47.8 Å². The molecule has 0 bridgehead atoms. The number of aromatic nitrogens is 1. The van der Waals surface area contributed by atoms with Crippen molar-refractivity contribution in [2.75, 3.05) is 20.2 Å². The summed E-state index contributed by atoms with van der Waals surface area (Å²) in [6, 6.07) is 15.5. The Labute approximate surface area is 179 Å². The molecule has 2 aliphatic rings. The first-order valence-electron chi connectivity index (χ1n) is 10.9. The van der Waals surface area contributed by atoms with E-state index in [0.29, 0.717) is 23.6 Å². The van der Waals surface area contributed by atoms with E-state index in [9.17, 15) is 4.79 Å². The summed E-state index contributed by atoms with van der Waals surface area (Å²) in [6.07, 6.45) is 7.53. The van der Waals surface area contributed by atoms with Gasteiger partial charge >= 0.3 is 5.97 Å². The van der Waals surface area contributed by atoms with Crippen LogP contribution in [0.2, 0.25) is 0 Å². The second-order valence-electron chi connectivity index (χ2n) is 8.49. The lowest BCUT2D eigenvalue weighted by atomic mass is 10.0. The van der Waals surface area contributed by atoms with Gasteiger partial charge in [0, 0.05) is 37.9 Å². The van der Waals surface area contributed by atoms with Crippen molar-refractivity contribution in [3.63, 3.8) is 0 Å². The summed E-state index contributed by atoms with van der Waals surface area (Å²) in [7, 11) is 1.39. The highest BCUT2D eigenvalue weighted by atomic mass is 16.5. The maximum Gasteiger partial charge on any atom is 0.339 e. The lowest BCUT2D eigenvalue weighted by Crippen LogP contribution is -2.43. The molecule has 4 rings (SSSR count). The topological polar surface area (TPSA) is 54.5 Å². The van der Waals surface area contributed by atoms with E-state index in [4.69, 9.17) is 4.74 Å². The molecule has 1 saturated carbocycles. The molecule has 0 amide bonds. The van der Waals surface area contributed by atoms with E-state index in [-0.39, 0.29) is 5.97 Å². The third kappa shape index (κ3) is 5.35. The highest BCUT2D eigenvalue weighted by Crippen LogP contribution is 2.38. The van der Waals surface area contributed by atoms with Crippen LogP contribution in [0.3, 0.4) is 0 Å². The normalized spacial score (nSPS) is 22.7. The fourth-order valence-corrected chi connectivity index (χ4v) is 4.35. The van der Waals surface area contributed by atoms with E-state index >= 15 is 0 Å². The minimum Gasteiger partial charge on any atom is -0.465 e. The number of rotatable bonds is 7. The van der Waals surface area contributed by atoms with Gasteiger partial charge in [-0.1, -0.05) is 42.0 Å². The van der Waals surface area contributed by atoms with Gasteiger partial charge in [0.15, 0.2) is 0 Å². The van der Waals surface area contributed by atoms with Crippen molar-refractivity contribution >= 4 is 12.0 Å². The van der Waals surface area contributed by atoms with E-state index in [1.54, 1.807) is 12.3 Å². The molecule has 0 spiro atoms. The lowest BCUT2D eigenvalue weighted by molar-refractivity contribution is 0.0600. The molecular weight excluding hydrogens is 374 g/mol. The summed E-state index contributed by atoms with van der Waals surface area (Å²) >= 11 is 0. The molecule has 1 saturated heterocycles. The Morgan fingerprint density at radius 2 is 1.97 bits per heavy atom. The van der Waals surface area contributed by atoms with Gasteiger partial charge in [-0.15, -0.1) is 0 Å². The highest BCUT2D eigenvalue weighted by molar-refractivity contribution is 5.88. The molecule has 2 aromatic rings. The third-order valence-electron chi connectivity index (χ3n) is 6.24. The van der Waals surface area contributed by atoms with Gasteiger partial charge in [0.05, 0.1) is 18.4 Å². The number of likely N-dealkylation sites (tertiary alicyclic amines) is 1. The number of piperidine rings is 1. The molecule has 158 valence electrons. The zero-order valence-corrected chi connectivity index (χ0v) is 17.9. The minimum atomic E-state index is -0.340. The number of carbonyl (C=O) groups excluding carboxylic acids is 1. The van der Waals surface area contributed by atoms with Crippen LogP contribution in [0.4, 0.5) is 0 Å². The van der Waals surface area contributed by atoms with Gasteiger partial charge in [-0.05, 0) is 49.8 Å². The molecule has 2 atom stereocenters. The Kier molecular flexibility index (Phi) is 6.60. The molecule has 1 N–H and O–H groups in total. The second-order valence-corrected chi connectivity index (χ2v) is 8.49. The largest absolute Gasteiger partial charge is 0.465 e. The van der Waals surface area contributed by atoms with Gasteiger partial charge in [0.2, 0.25) is 0 Å². The van der Waals surface area contributed by atoms with Crippen LogP contribution in [0.15, 0.2) is 54.2 Å². The summed E-state index contributed by atoms with van der Waals surface area (Å²) in [6.45, 7) is 5.25. The smallest absolute Gasteiger partial charge is 0.339 e. The van der Waals surface area contributed by atoms with Crippen LogP contribution in [0, 0.1) is 5.92 Å². The number of pyridine rings is 1. The Balaban J connectivity index is 1.20. The SMILES string of the molecule is COC(=O)c1ccc(CN2CCC(N[C@@H]3C[C@H]3C(C)=Cc3ccccc3)CC2)nc1. The highest BCUT2D eigenvalue weighted by Gasteiger charge is 2.39. The molecule has 1 aliphatic heterocycles. The average Bonchev–Trinajstić information content (AvgIpc) is 3.55. The number of hydrogen-bond acceptors (Lipinski definition) is 5. The van der Waals surface area contributed by atoms with E-state index in [1.165, 1.54) is 37.5 Å². The van der Waals surface area contributed by atoms with E-state index in [2.05, 4.69) is 58.5 Å². The first-order chi connectivity index (χ1) is 14.6. The zero-order chi connectivity index (χ0) is 20.9. The number of esters is 1. The first kappa shape index (κ1) is 20.8. The van der Waals surface area contributed by atoms with Gasteiger partial charge in [0.1, 0.15) is 0 Å². The van der Waals surface area contributed by atoms with Crippen LogP contribution in [0.25, 0.3) is 6.08 Å². The molecule has 1 aliphatic carbocycles. The zero-order valence-electron chi connectivity index (χ0n) is 17.9. The molecule has 30 heavy (non-hydrogen) atoms. The van der Waals surface area contributed by atoms with Crippen LogP contribution >= 0.6 is 0 Å². The van der Waals surface area contributed by atoms with Gasteiger partial charge in [0.25, 0.3) is 0 Å². The maximum absolute atomic E-state index is 11.5. The van der Waals surface area contributed by atoms with E-state index in [0.717, 1.165) is 25.3 Å². The summed E-state index contributed by atoms with van der Waals surface area (Å²) < 4.78 is 4.73. The van der Waals surface area contributed by atoms with E-state index < -0.39 is 0 Å². The molecule has 5 heteroatoms. The van der Waals surface area contributed by atoms with Crippen molar-refractivity contribution in [1.29, 1.82) is 0 Å². The molecule has 5 nitrogen and oxygen atoms in total. The third-order valence-corrected chi connectivity index (χ3v) is 6.24. The van der Waals surface area contributed by atoms with E-state index in [1.807, 2.05) is 6.07 Å². The molecule has 2 fully saturated rings. The van der Waals surface area contributed by atoms with Gasteiger partial charge in [-0.3, -0.25) is 9.88 Å². The number of ether oxygens (including phenoxy) is 1. The monoisotopic (exact) mass is 405 g/mol. The standard InChI is InChI=1S/C25H31N3O2/c1-18(14-19-6-4-3-5-7-19)23-15-24(23)27-21-10-12-28(13-11-21)17-22-9-8-20(16-26-22)25(29)30-2/h3-9,14,16,21,23-24,27H,10-13,15,17H2,1-2H3/t23-,24+/m0/s1.